The maximum Gasteiger partial charge on any atom is 0.185 e. The van der Waals surface area contributed by atoms with E-state index >= 15 is 0 Å². The van der Waals surface area contributed by atoms with Crippen LogP contribution in [0.25, 0.3) is 5.57 Å². The number of hydrogen-bond donors (Lipinski definition) is 0. The predicted molar refractivity (Wildman–Crippen MR) is 97.6 cm³/mol. The highest BCUT2D eigenvalue weighted by Crippen LogP contribution is 2.47. The Labute approximate surface area is 152 Å². The number of hydrogen-bond acceptors (Lipinski definition) is 2. The smallest absolute Gasteiger partial charge is 0.185 e. The molecule has 0 amide bonds. The molecule has 1 heterocycles. The molecule has 2 aromatic rings. The highest BCUT2D eigenvalue weighted by molar-refractivity contribution is 14.1. The molecule has 23 heavy (non-hydrogen) atoms. The van der Waals surface area contributed by atoms with Crippen LogP contribution in [0.4, 0.5) is 4.39 Å². The molecule has 3 rings (SSSR count). The predicted octanol–water partition coefficient (Wildman–Crippen LogP) is 5.41. The van der Waals surface area contributed by atoms with Crippen molar-refractivity contribution in [2.75, 3.05) is 0 Å². The number of rotatable bonds is 2. The summed E-state index contributed by atoms with van der Waals surface area (Å²) < 4.78 is 18.5. The van der Waals surface area contributed by atoms with E-state index in [1.54, 1.807) is 24.3 Å². The second-order valence-corrected chi connectivity index (χ2v) is 7.97. The van der Waals surface area contributed by atoms with E-state index in [1.807, 2.05) is 13.0 Å². The average Bonchev–Trinajstić information content (AvgIpc) is 2.45. The highest BCUT2D eigenvalue weighted by atomic mass is 127. The first-order chi connectivity index (χ1) is 10.8. The minimum Gasteiger partial charge on any atom is -0.472 e. The van der Waals surface area contributed by atoms with E-state index in [4.69, 9.17) is 16.3 Å². The summed E-state index contributed by atoms with van der Waals surface area (Å²) in [7, 11) is 0. The Morgan fingerprint density at radius 3 is 2.48 bits per heavy atom. The van der Waals surface area contributed by atoms with Crippen molar-refractivity contribution < 1.29 is 13.9 Å². The molecule has 2 aromatic carbocycles. The van der Waals surface area contributed by atoms with Crippen molar-refractivity contribution in [3.8, 4) is 5.75 Å². The lowest BCUT2D eigenvalue weighted by Crippen LogP contribution is -2.34. The van der Waals surface area contributed by atoms with Crippen LogP contribution in [-0.2, 0) is 4.79 Å². The Kier molecular flexibility index (Phi) is 4.23. The summed E-state index contributed by atoms with van der Waals surface area (Å²) >= 11 is 8.18. The van der Waals surface area contributed by atoms with Gasteiger partial charge in [0.1, 0.15) is 11.6 Å². The van der Waals surface area contributed by atoms with Crippen LogP contribution in [0.3, 0.4) is 0 Å². The summed E-state index contributed by atoms with van der Waals surface area (Å²) in [6, 6.07) is 11.4. The second kappa shape index (κ2) is 5.91. The molecule has 1 aliphatic heterocycles. The van der Waals surface area contributed by atoms with Gasteiger partial charge in [0.05, 0.1) is 5.57 Å². The highest BCUT2D eigenvalue weighted by Gasteiger charge is 2.39. The number of halogens is 3. The van der Waals surface area contributed by atoms with E-state index in [1.165, 1.54) is 19.1 Å². The van der Waals surface area contributed by atoms with E-state index in [0.29, 0.717) is 16.3 Å². The number of ether oxygens (including phenoxy) is 1. The minimum atomic E-state index is -0.828. The van der Waals surface area contributed by atoms with Crippen molar-refractivity contribution in [2.45, 2.75) is 17.5 Å². The van der Waals surface area contributed by atoms with Gasteiger partial charge >= 0.3 is 0 Å². The maximum atomic E-state index is 13.3. The molecular weight excluding hydrogens is 430 g/mol. The lowest BCUT2D eigenvalue weighted by Gasteiger charge is -2.34. The summed E-state index contributed by atoms with van der Waals surface area (Å²) in [5.41, 5.74) is 2.86. The number of benzene rings is 2. The fraction of sp³-hybridized carbons (Fsp3) is 0.167. The normalized spacial score (nSPS) is 20.0. The topological polar surface area (TPSA) is 26.3 Å². The summed E-state index contributed by atoms with van der Waals surface area (Å²) in [5.74, 6) is 0.208. The Morgan fingerprint density at radius 1 is 1.22 bits per heavy atom. The van der Waals surface area contributed by atoms with Gasteiger partial charge in [-0.25, -0.2) is 4.39 Å². The van der Waals surface area contributed by atoms with Crippen molar-refractivity contribution in [1.29, 1.82) is 0 Å². The quantitative estimate of drug-likeness (QED) is 0.459. The van der Waals surface area contributed by atoms with Crippen LogP contribution in [0.1, 0.15) is 25.0 Å². The molecule has 1 unspecified atom stereocenters. The molecule has 0 aromatic heterocycles. The first-order valence-electron chi connectivity index (χ1n) is 6.99. The van der Waals surface area contributed by atoms with Crippen LogP contribution < -0.4 is 4.74 Å². The third-order valence-electron chi connectivity index (χ3n) is 3.70. The van der Waals surface area contributed by atoms with Gasteiger partial charge < -0.3 is 4.74 Å². The third-order valence-corrected chi connectivity index (χ3v) is 4.69. The molecule has 0 saturated heterocycles. The lowest BCUT2D eigenvalue weighted by atomic mass is 9.86. The molecule has 0 spiro atoms. The zero-order valence-electron chi connectivity index (χ0n) is 12.5. The van der Waals surface area contributed by atoms with Crippen molar-refractivity contribution in [3.05, 3.63) is 70.0 Å². The molecule has 1 atom stereocenters. The number of carbonyl (C=O) groups is 1. The van der Waals surface area contributed by atoms with Crippen molar-refractivity contribution >= 4 is 45.5 Å². The second-order valence-electron chi connectivity index (χ2n) is 5.47. The SMILES string of the molecule is CC(=O)C1=C(c2ccc(F)cc2)c2ccc(Cl)cc2OC1(C)I. The Hall–Kier alpha value is -1.40. The molecule has 0 bridgehead atoms. The summed E-state index contributed by atoms with van der Waals surface area (Å²) in [6.07, 6.45) is 0. The fourth-order valence-corrected chi connectivity index (χ4v) is 3.86. The fourth-order valence-electron chi connectivity index (χ4n) is 2.81. The van der Waals surface area contributed by atoms with E-state index in [9.17, 15) is 9.18 Å². The van der Waals surface area contributed by atoms with Gasteiger partial charge in [-0.15, -0.1) is 0 Å². The molecule has 0 fully saturated rings. The van der Waals surface area contributed by atoms with Gasteiger partial charge in [0.15, 0.2) is 9.39 Å². The summed E-state index contributed by atoms with van der Waals surface area (Å²) in [4.78, 5) is 12.3. The summed E-state index contributed by atoms with van der Waals surface area (Å²) in [6.45, 7) is 3.34. The van der Waals surface area contributed by atoms with Crippen molar-refractivity contribution in [2.24, 2.45) is 0 Å². The molecule has 118 valence electrons. The van der Waals surface area contributed by atoms with Crippen LogP contribution in [0, 0.1) is 5.82 Å². The molecule has 5 heteroatoms. The largest absolute Gasteiger partial charge is 0.472 e. The maximum absolute atomic E-state index is 13.3. The van der Waals surface area contributed by atoms with Gasteiger partial charge in [0.25, 0.3) is 0 Å². The molecule has 2 nitrogen and oxygen atoms in total. The van der Waals surface area contributed by atoms with Crippen LogP contribution in [0.2, 0.25) is 5.02 Å². The van der Waals surface area contributed by atoms with Gasteiger partial charge in [0, 0.05) is 16.2 Å². The average molecular weight is 443 g/mol. The Morgan fingerprint density at radius 2 is 1.87 bits per heavy atom. The van der Waals surface area contributed by atoms with Crippen LogP contribution >= 0.6 is 34.2 Å². The standard InChI is InChI=1S/C18H13ClFIO2/c1-10(22)17-16(11-3-6-13(20)7-4-11)14-8-5-12(19)9-15(14)23-18(17,2)21/h3-9H,1-2H3. The Balaban J connectivity index is 2.36. The van der Waals surface area contributed by atoms with Gasteiger partial charge in [-0.3, -0.25) is 4.79 Å². The first kappa shape index (κ1) is 16.5. The Bertz CT molecular complexity index is 825. The monoisotopic (exact) mass is 442 g/mol. The molecule has 0 N–H and O–H groups in total. The number of carbonyl (C=O) groups excluding carboxylic acids is 1. The number of Topliss-reactive ketones (excluding diaryl/α,β-unsaturated/α-hetero) is 1. The minimum absolute atomic E-state index is 0.0816. The van der Waals surface area contributed by atoms with Gasteiger partial charge in [-0.05, 0) is 72.3 Å². The summed E-state index contributed by atoms with van der Waals surface area (Å²) in [5, 5.41) is 0.556. The van der Waals surface area contributed by atoms with E-state index in [2.05, 4.69) is 22.6 Å². The molecule has 0 radical (unpaired) electrons. The number of fused-ring (bicyclic) bond motifs is 1. The van der Waals surface area contributed by atoms with Crippen LogP contribution in [-0.4, -0.2) is 9.39 Å². The van der Waals surface area contributed by atoms with Crippen molar-refractivity contribution in [1.82, 2.24) is 0 Å². The zero-order valence-corrected chi connectivity index (χ0v) is 15.4. The van der Waals surface area contributed by atoms with Gasteiger partial charge in [0.2, 0.25) is 0 Å². The molecule has 0 aliphatic carbocycles. The van der Waals surface area contributed by atoms with Crippen LogP contribution in [0.15, 0.2) is 48.0 Å². The van der Waals surface area contributed by atoms with Gasteiger partial charge in [-0.1, -0.05) is 23.7 Å². The molecule has 0 saturated carbocycles. The van der Waals surface area contributed by atoms with E-state index in [0.717, 1.165) is 16.7 Å². The third kappa shape index (κ3) is 3.02. The zero-order chi connectivity index (χ0) is 16.8. The van der Waals surface area contributed by atoms with Gasteiger partial charge in [-0.2, -0.15) is 0 Å². The lowest BCUT2D eigenvalue weighted by molar-refractivity contribution is -0.114. The molecular formula is C18H13ClFIO2. The number of ketones is 1. The molecule has 1 aliphatic rings. The van der Waals surface area contributed by atoms with E-state index in [-0.39, 0.29) is 11.6 Å². The van der Waals surface area contributed by atoms with Crippen molar-refractivity contribution in [3.63, 3.8) is 0 Å². The van der Waals surface area contributed by atoms with E-state index < -0.39 is 3.61 Å². The first-order valence-corrected chi connectivity index (χ1v) is 8.45. The van der Waals surface area contributed by atoms with Crippen LogP contribution in [0.5, 0.6) is 5.75 Å². The number of alkyl halides is 1.